The highest BCUT2D eigenvalue weighted by Crippen LogP contribution is 2.33. The zero-order valence-electron chi connectivity index (χ0n) is 14.6. The summed E-state index contributed by atoms with van der Waals surface area (Å²) in [6.07, 6.45) is 2.00. The van der Waals surface area contributed by atoms with Crippen molar-refractivity contribution >= 4 is 21.8 Å². The summed E-state index contributed by atoms with van der Waals surface area (Å²) in [6.45, 7) is 2.16. The molecule has 26 heavy (non-hydrogen) atoms. The van der Waals surface area contributed by atoms with E-state index in [9.17, 15) is 0 Å². The van der Waals surface area contributed by atoms with Crippen LogP contribution in [0.25, 0.3) is 38.8 Å². The van der Waals surface area contributed by atoms with Gasteiger partial charge in [-0.1, -0.05) is 66.7 Å². The van der Waals surface area contributed by atoms with Crippen molar-refractivity contribution in [1.82, 2.24) is 9.55 Å². The zero-order valence-corrected chi connectivity index (χ0v) is 14.6. The van der Waals surface area contributed by atoms with Crippen LogP contribution in [-0.2, 0) is 0 Å². The number of hydrogen-bond acceptors (Lipinski definition) is 1. The van der Waals surface area contributed by atoms with Gasteiger partial charge in [0.15, 0.2) is 0 Å². The fraction of sp³-hybridized carbons (Fsp3) is 0.0417. The fourth-order valence-electron chi connectivity index (χ4n) is 3.73. The van der Waals surface area contributed by atoms with E-state index in [1.54, 1.807) is 0 Å². The van der Waals surface area contributed by atoms with Crippen LogP contribution >= 0.6 is 0 Å². The molecule has 0 N–H and O–H groups in total. The number of rotatable bonds is 2. The van der Waals surface area contributed by atoms with E-state index in [1.807, 2.05) is 24.4 Å². The van der Waals surface area contributed by atoms with E-state index >= 15 is 0 Å². The van der Waals surface area contributed by atoms with Crippen molar-refractivity contribution in [2.45, 2.75) is 6.92 Å². The highest BCUT2D eigenvalue weighted by atomic mass is 15.0. The topological polar surface area (TPSA) is 17.8 Å². The van der Waals surface area contributed by atoms with Gasteiger partial charge in [0.05, 0.1) is 28.6 Å². The predicted molar refractivity (Wildman–Crippen MR) is 109 cm³/mol. The summed E-state index contributed by atoms with van der Waals surface area (Å²) in [5.41, 5.74) is 6.92. The summed E-state index contributed by atoms with van der Waals surface area (Å²) < 4.78 is 2.32. The Hall–Kier alpha value is -3.39. The SMILES string of the molecule is Cc1cc(-c2ccccc2)ncc1-n1c2ccccc2c2ccccc21. The van der Waals surface area contributed by atoms with Crippen LogP contribution in [0.5, 0.6) is 0 Å². The number of benzene rings is 3. The van der Waals surface area contributed by atoms with Gasteiger partial charge in [-0.25, -0.2) is 0 Å². The van der Waals surface area contributed by atoms with Crippen molar-refractivity contribution in [3.05, 3.63) is 96.7 Å². The molecule has 0 saturated carbocycles. The molecular formula is C24H18N2. The van der Waals surface area contributed by atoms with Gasteiger partial charge < -0.3 is 4.57 Å². The van der Waals surface area contributed by atoms with E-state index < -0.39 is 0 Å². The van der Waals surface area contributed by atoms with Crippen molar-refractivity contribution in [2.75, 3.05) is 0 Å². The Kier molecular flexibility index (Phi) is 3.36. The molecular weight excluding hydrogens is 316 g/mol. The number of aryl methyl sites for hydroxylation is 1. The van der Waals surface area contributed by atoms with Gasteiger partial charge in [-0.05, 0) is 30.7 Å². The van der Waals surface area contributed by atoms with Crippen molar-refractivity contribution in [3.8, 4) is 16.9 Å². The molecule has 0 saturated heterocycles. The molecule has 0 radical (unpaired) electrons. The van der Waals surface area contributed by atoms with Gasteiger partial charge in [-0.15, -0.1) is 0 Å². The van der Waals surface area contributed by atoms with Crippen molar-refractivity contribution in [3.63, 3.8) is 0 Å². The highest BCUT2D eigenvalue weighted by molar-refractivity contribution is 6.09. The van der Waals surface area contributed by atoms with Gasteiger partial charge in [0.1, 0.15) is 0 Å². The van der Waals surface area contributed by atoms with Gasteiger partial charge in [0.2, 0.25) is 0 Å². The number of fused-ring (bicyclic) bond motifs is 3. The van der Waals surface area contributed by atoms with Crippen LogP contribution in [0.4, 0.5) is 0 Å². The van der Waals surface area contributed by atoms with E-state index in [0.29, 0.717) is 0 Å². The number of aromatic nitrogens is 2. The average molecular weight is 334 g/mol. The van der Waals surface area contributed by atoms with Crippen LogP contribution in [0.2, 0.25) is 0 Å². The molecule has 2 nitrogen and oxygen atoms in total. The van der Waals surface area contributed by atoms with Gasteiger partial charge >= 0.3 is 0 Å². The number of nitrogens with zero attached hydrogens (tertiary/aromatic N) is 2. The summed E-state index contributed by atoms with van der Waals surface area (Å²) in [5, 5.41) is 2.55. The second kappa shape index (κ2) is 5.85. The van der Waals surface area contributed by atoms with Gasteiger partial charge in [-0.2, -0.15) is 0 Å². The summed E-state index contributed by atoms with van der Waals surface area (Å²) >= 11 is 0. The van der Waals surface area contributed by atoms with Crippen LogP contribution in [-0.4, -0.2) is 9.55 Å². The van der Waals surface area contributed by atoms with E-state index in [-0.39, 0.29) is 0 Å². The zero-order chi connectivity index (χ0) is 17.5. The smallest absolute Gasteiger partial charge is 0.0706 e. The minimum absolute atomic E-state index is 1.01. The Balaban J connectivity index is 1.78. The molecule has 0 bridgehead atoms. The second-order valence-corrected chi connectivity index (χ2v) is 6.59. The quantitative estimate of drug-likeness (QED) is 0.378. The maximum absolute atomic E-state index is 4.76. The molecule has 0 spiro atoms. The number of pyridine rings is 1. The predicted octanol–water partition coefficient (Wildman–Crippen LogP) is 6.15. The molecule has 0 aliphatic heterocycles. The summed E-state index contributed by atoms with van der Waals surface area (Å²) in [5.74, 6) is 0. The summed E-state index contributed by atoms with van der Waals surface area (Å²) in [6, 6.07) is 29.6. The first-order chi connectivity index (χ1) is 12.8. The molecule has 2 heteroatoms. The molecule has 3 aromatic carbocycles. The van der Waals surface area contributed by atoms with Gasteiger partial charge in [0.25, 0.3) is 0 Å². The molecule has 0 fully saturated rings. The van der Waals surface area contributed by atoms with Crippen molar-refractivity contribution in [1.29, 1.82) is 0 Å². The lowest BCUT2D eigenvalue weighted by atomic mass is 10.1. The lowest BCUT2D eigenvalue weighted by molar-refractivity contribution is 1.11. The molecule has 0 unspecified atom stereocenters. The van der Waals surface area contributed by atoms with Crippen LogP contribution in [0, 0.1) is 6.92 Å². The lowest BCUT2D eigenvalue weighted by Crippen LogP contribution is -1.99. The Morgan fingerprint density at radius 3 is 1.88 bits per heavy atom. The van der Waals surface area contributed by atoms with Crippen molar-refractivity contribution < 1.29 is 0 Å². The first-order valence-corrected chi connectivity index (χ1v) is 8.83. The standard InChI is InChI=1S/C24H18N2/c1-17-15-21(18-9-3-2-4-10-18)25-16-24(17)26-22-13-7-5-11-19(22)20-12-6-8-14-23(20)26/h2-16H,1H3. The highest BCUT2D eigenvalue weighted by Gasteiger charge is 2.13. The van der Waals surface area contributed by atoms with Gasteiger partial charge in [0, 0.05) is 16.3 Å². The monoisotopic (exact) mass is 334 g/mol. The Labute approximate surface area is 152 Å². The van der Waals surface area contributed by atoms with E-state index in [4.69, 9.17) is 4.98 Å². The lowest BCUT2D eigenvalue weighted by Gasteiger charge is -2.12. The largest absolute Gasteiger partial charge is 0.307 e. The first-order valence-electron chi connectivity index (χ1n) is 8.83. The van der Waals surface area contributed by atoms with Crippen LogP contribution in [0.15, 0.2) is 91.1 Å². The molecule has 0 amide bonds. The summed E-state index contributed by atoms with van der Waals surface area (Å²) in [4.78, 5) is 4.76. The first kappa shape index (κ1) is 14.9. The third-order valence-electron chi connectivity index (χ3n) is 4.97. The molecule has 124 valence electrons. The molecule has 5 aromatic rings. The van der Waals surface area contributed by atoms with Crippen LogP contribution in [0.1, 0.15) is 5.56 Å². The van der Waals surface area contributed by atoms with Crippen LogP contribution < -0.4 is 0 Å². The van der Waals surface area contributed by atoms with Gasteiger partial charge in [-0.3, -0.25) is 4.98 Å². The van der Waals surface area contributed by atoms with E-state index in [0.717, 1.165) is 16.9 Å². The third kappa shape index (κ3) is 2.23. The fourth-order valence-corrected chi connectivity index (χ4v) is 3.73. The molecule has 2 heterocycles. The number of hydrogen-bond donors (Lipinski definition) is 0. The minimum atomic E-state index is 1.01. The van der Waals surface area contributed by atoms with E-state index in [1.165, 1.54) is 27.4 Å². The Morgan fingerprint density at radius 1 is 0.692 bits per heavy atom. The molecule has 2 aromatic heterocycles. The van der Waals surface area contributed by atoms with Crippen molar-refractivity contribution in [2.24, 2.45) is 0 Å². The Morgan fingerprint density at radius 2 is 1.27 bits per heavy atom. The second-order valence-electron chi connectivity index (χ2n) is 6.59. The van der Waals surface area contributed by atoms with Crippen LogP contribution in [0.3, 0.4) is 0 Å². The average Bonchev–Trinajstić information content (AvgIpc) is 3.03. The number of para-hydroxylation sites is 2. The normalized spacial score (nSPS) is 11.3. The Bertz CT molecular complexity index is 1180. The maximum atomic E-state index is 4.76. The van der Waals surface area contributed by atoms with E-state index in [2.05, 4.69) is 78.2 Å². The molecule has 0 atom stereocenters. The maximum Gasteiger partial charge on any atom is 0.0706 e. The summed E-state index contributed by atoms with van der Waals surface area (Å²) in [7, 11) is 0. The minimum Gasteiger partial charge on any atom is -0.307 e. The molecule has 5 rings (SSSR count). The third-order valence-corrected chi connectivity index (χ3v) is 4.97. The molecule has 0 aliphatic carbocycles. The molecule has 0 aliphatic rings.